The van der Waals surface area contributed by atoms with Crippen LogP contribution in [-0.4, -0.2) is 14.1 Å². The molecule has 0 atom stereocenters. The quantitative estimate of drug-likeness (QED) is 0.674. The molecule has 110 valence electrons. The van der Waals surface area contributed by atoms with Gasteiger partial charge in [0.05, 0.1) is 11.4 Å². The van der Waals surface area contributed by atoms with E-state index in [9.17, 15) is 0 Å². The van der Waals surface area contributed by atoms with E-state index in [4.69, 9.17) is 4.98 Å². The minimum Gasteiger partial charge on any atom is -0.324 e. The van der Waals surface area contributed by atoms with E-state index in [0.29, 0.717) is 0 Å². The topological polar surface area (TPSA) is 22.8 Å². The molecule has 22 heavy (non-hydrogen) atoms. The van der Waals surface area contributed by atoms with Crippen LogP contribution in [0.5, 0.6) is 0 Å². The van der Waals surface area contributed by atoms with Gasteiger partial charge >= 0.3 is 0 Å². The summed E-state index contributed by atoms with van der Waals surface area (Å²) in [5.74, 6) is 0. The summed E-state index contributed by atoms with van der Waals surface area (Å²) in [4.78, 5) is 4.74. The molecule has 0 fully saturated rings. The molecule has 0 spiro atoms. The van der Waals surface area contributed by atoms with E-state index < -0.39 is 0 Å². The molecule has 3 rings (SSSR count). The Morgan fingerprint density at radius 3 is 1.73 bits per heavy atom. The van der Waals surface area contributed by atoms with Crippen molar-refractivity contribution in [3.63, 3.8) is 0 Å². The van der Waals surface area contributed by atoms with E-state index in [2.05, 4.69) is 31.4 Å². The molecule has 3 heterocycles. The lowest BCUT2D eigenvalue weighted by atomic mass is 10.0. The normalized spacial score (nSPS) is 10.6. The first-order chi connectivity index (χ1) is 10.7. The van der Waals surface area contributed by atoms with Crippen LogP contribution in [0.15, 0.2) is 55.9 Å². The molecule has 3 nitrogen and oxygen atoms in total. The minimum absolute atomic E-state index is 1.01. The van der Waals surface area contributed by atoms with Gasteiger partial charge in [0.1, 0.15) is 0 Å². The monoisotopic (exact) mass is 289 g/mol. The molecule has 3 aromatic heterocycles. The van der Waals surface area contributed by atoms with E-state index in [1.54, 1.807) is 12.4 Å². The first-order valence-electron chi connectivity index (χ1n) is 7.23. The summed E-state index contributed by atoms with van der Waals surface area (Å²) in [6, 6.07) is 10.4. The Hall–Kier alpha value is -2.81. The van der Waals surface area contributed by atoms with Gasteiger partial charge in [-0.25, -0.2) is 0 Å². The molecule has 0 amide bonds. The van der Waals surface area contributed by atoms with Crippen molar-refractivity contribution in [1.29, 1.82) is 0 Å². The van der Waals surface area contributed by atoms with Crippen LogP contribution in [0.3, 0.4) is 0 Å². The van der Waals surface area contributed by atoms with E-state index >= 15 is 0 Å². The molecule has 0 aliphatic heterocycles. The summed E-state index contributed by atoms with van der Waals surface area (Å²) < 4.78 is 4.02. The van der Waals surface area contributed by atoms with Gasteiger partial charge in [-0.15, -0.1) is 0 Å². The summed E-state index contributed by atoms with van der Waals surface area (Å²) in [5.41, 5.74) is 6.44. The Kier molecular flexibility index (Phi) is 3.55. The van der Waals surface area contributed by atoms with Gasteiger partial charge in [0.2, 0.25) is 0 Å². The first-order valence-corrected chi connectivity index (χ1v) is 7.23. The molecule has 0 saturated carbocycles. The maximum absolute atomic E-state index is 4.74. The number of rotatable bonds is 4. The maximum Gasteiger partial charge on any atom is 0.0540 e. The van der Waals surface area contributed by atoms with Crippen LogP contribution in [0.4, 0.5) is 0 Å². The third-order valence-electron chi connectivity index (χ3n) is 3.91. The zero-order chi connectivity index (χ0) is 15.7. The van der Waals surface area contributed by atoms with Crippen molar-refractivity contribution in [3.8, 4) is 22.5 Å². The number of hydrogen-bond donors (Lipinski definition) is 0. The predicted octanol–water partition coefficient (Wildman–Crippen LogP) is 4.84. The molecule has 0 radical (unpaired) electrons. The average molecular weight is 289 g/mol. The maximum atomic E-state index is 4.74. The smallest absolute Gasteiger partial charge is 0.0540 e. The van der Waals surface area contributed by atoms with Gasteiger partial charge in [0, 0.05) is 47.3 Å². The molecule has 0 aliphatic rings. The minimum atomic E-state index is 1.01. The zero-order valence-electron chi connectivity index (χ0n) is 13.0. The molecular weight excluding hydrogens is 270 g/mol. The number of hydrogen-bond acceptors (Lipinski definition) is 1. The molecule has 0 aliphatic carbocycles. The Labute approximate surface area is 130 Å². The molecule has 0 saturated heterocycles. The summed E-state index contributed by atoms with van der Waals surface area (Å²) in [5, 5.41) is 0. The summed E-state index contributed by atoms with van der Waals surface area (Å²) in [6.45, 7) is 11.8. The van der Waals surface area contributed by atoms with Gasteiger partial charge in [0.25, 0.3) is 0 Å². The van der Waals surface area contributed by atoms with Gasteiger partial charge in [0.15, 0.2) is 0 Å². The summed E-state index contributed by atoms with van der Waals surface area (Å²) in [6.07, 6.45) is 7.60. The fourth-order valence-corrected chi connectivity index (χ4v) is 2.81. The van der Waals surface area contributed by atoms with Crippen molar-refractivity contribution in [2.24, 2.45) is 0 Å². The second-order valence-corrected chi connectivity index (χ2v) is 5.22. The fraction of sp³-hybridized carbons (Fsp3) is 0.105. The molecule has 0 aromatic carbocycles. The van der Waals surface area contributed by atoms with Crippen molar-refractivity contribution >= 4 is 12.4 Å². The highest BCUT2D eigenvalue weighted by atomic mass is 15.0. The highest BCUT2D eigenvalue weighted by Gasteiger charge is 2.13. The van der Waals surface area contributed by atoms with Crippen molar-refractivity contribution in [1.82, 2.24) is 14.1 Å². The lowest BCUT2D eigenvalue weighted by Crippen LogP contribution is -1.99. The van der Waals surface area contributed by atoms with Crippen molar-refractivity contribution in [2.75, 3.05) is 0 Å². The van der Waals surface area contributed by atoms with Gasteiger partial charge in [-0.3, -0.25) is 4.98 Å². The third-order valence-corrected chi connectivity index (χ3v) is 3.91. The molecular formula is C19H19N3. The second kappa shape index (κ2) is 5.53. The van der Waals surface area contributed by atoms with Crippen LogP contribution in [0.25, 0.3) is 34.9 Å². The number of pyridine rings is 1. The third kappa shape index (κ3) is 2.21. The average Bonchev–Trinajstić information content (AvgIpc) is 3.15. The van der Waals surface area contributed by atoms with Crippen LogP contribution in [0.2, 0.25) is 0 Å². The number of aromatic nitrogens is 3. The summed E-state index contributed by atoms with van der Waals surface area (Å²) >= 11 is 0. The highest BCUT2D eigenvalue weighted by molar-refractivity contribution is 5.74. The van der Waals surface area contributed by atoms with Crippen LogP contribution in [0, 0.1) is 13.8 Å². The molecule has 0 N–H and O–H groups in total. The summed E-state index contributed by atoms with van der Waals surface area (Å²) in [7, 11) is 0. The Balaban J connectivity index is 2.24. The van der Waals surface area contributed by atoms with Crippen LogP contribution in [0.1, 0.15) is 11.4 Å². The Morgan fingerprint density at radius 1 is 0.864 bits per heavy atom. The van der Waals surface area contributed by atoms with Gasteiger partial charge in [-0.2, -0.15) is 0 Å². The molecule has 0 bridgehead atoms. The van der Waals surface area contributed by atoms with E-state index in [1.807, 2.05) is 47.5 Å². The lowest BCUT2D eigenvalue weighted by Gasteiger charge is -2.13. The van der Waals surface area contributed by atoms with Crippen molar-refractivity contribution < 1.29 is 0 Å². The van der Waals surface area contributed by atoms with Crippen molar-refractivity contribution in [2.45, 2.75) is 13.8 Å². The SMILES string of the molecule is C=Cn1cccc1-c1cc(-c2cccn2C=C)c(C)nc1C. The fourth-order valence-electron chi connectivity index (χ4n) is 2.81. The highest BCUT2D eigenvalue weighted by Crippen LogP contribution is 2.31. The Morgan fingerprint density at radius 2 is 1.32 bits per heavy atom. The van der Waals surface area contributed by atoms with Crippen LogP contribution >= 0.6 is 0 Å². The van der Waals surface area contributed by atoms with E-state index in [0.717, 1.165) is 33.9 Å². The Bertz CT molecular complexity index is 782. The number of aryl methyl sites for hydroxylation is 2. The van der Waals surface area contributed by atoms with Crippen molar-refractivity contribution in [3.05, 3.63) is 67.3 Å². The second-order valence-electron chi connectivity index (χ2n) is 5.22. The van der Waals surface area contributed by atoms with E-state index in [1.165, 1.54) is 0 Å². The van der Waals surface area contributed by atoms with Gasteiger partial charge in [-0.05, 0) is 44.2 Å². The zero-order valence-corrected chi connectivity index (χ0v) is 13.0. The lowest BCUT2D eigenvalue weighted by molar-refractivity contribution is 1.09. The molecule has 0 unspecified atom stereocenters. The molecule has 3 heteroatoms. The first kappa shape index (κ1) is 14.1. The largest absolute Gasteiger partial charge is 0.324 e. The van der Waals surface area contributed by atoms with Crippen LogP contribution in [-0.2, 0) is 0 Å². The van der Waals surface area contributed by atoms with E-state index in [-0.39, 0.29) is 0 Å². The number of nitrogens with zero attached hydrogens (tertiary/aromatic N) is 3. The predicted molar refractivity (Wildman–Crippen MR) is 93.3 cm³/mol. The van der Waals surface area contributed by atoms with Gasteiger partial charge in [-0.1, -0.05) is 13.2 Å². The van der Waals surface area contributed by atoms with Crippen LogP contribution < -0.4 is 0 Å². The molecule has 3 aromatic rings. The standard InChI is InChI=1S/C19H19N3/c1-5-21-11-7-9-18(21)16-13-17(15(4)20-14(16)3)19-10-8-12-22(19)6-2/h5-13H,1-2H2,3-4H3. The van der Waals surface area contributed by atoms with Gasteiger partial charge < -0.3 is 9.13 Å².